The van der Waals surface area contributed by atoms with Crippen molar-refractivity contribution < 1.29 is 18.6 Å². The highest BCUT2D eigenvalue weighted by molar-refractivity contribution is 5.23. The second-order valence-electron chi connectivity index (χ2n) is 3.02. The van der Waals surface area contributed by atoms with Gasteiger partial charge in [0, 0.05) is 7.11 Å². The van der Waals surface area contributed by atoms with Gasteiger partial charge in [-0.15, -0.1) is 0 Å². The Morgan fingerprint density at radius 3 is 2.36 bits per heavy atom. The fourth-order valence-electron chi connectivity index (χ4n) is 1.22. The van der Waals surface area contributed by atoms with Crippen LogP contribution in [0.1, 0.15) is 5.56 Å². The van der Waals surface area contributed by atoms with Gasteiger partial charge in [-0.25, -0.2) is 8.78 Å². The second-order valence-corrected chi connectivity index (χ2v) is 3.02. The lowest BCUT2D eigenvalue weighted by Crippen LogP contribution is -2.38. The predicted molar refractivity (Wildman–Crippen MR) is 48.2 cm³/mol. The molecule has 1 aromatic carbocycles. The summed E-state index contributed by atoms with van der Waals surface area (Å²) in [5.74, 6) is 0. The van der Waals surface area contributed by atoms with Crippen LogP contribution in [-0.2, 0) is 10.3 Å². The van der Waals surface area contributed by atoms with Crippen molar-refractivity contribution >= 4 is 0 Å². The topological polar surface area (TPSA) is 29.5 Å². The maximum atomic E-state index is 12.6. The summed E-state index contributed by atoms with van der Waals surface area (Å²) in [5.41, 5.74) is -2.05. The number of halogens is 2. The molecule has 0 amide bonds. The quantitative estimate of drug-likeness (QED) is 0.806. The summed E-state index contributed by atoms with van der Waals surface area (Å²) in [6, 6.07) is 7.79. The molecule has 14 heavy (non-hydrogen) atoms. The largest absolute Gasteiger partial charge is 0.381 e. The van der Waals surface area contributed by atoms with Gasteiger partial charge in [-0.2, -0.15) is 0 Å². The smallest absolute Gasteiger partial charge is 0.273 e. The predicted octanol–water partition coefficient (Wildman–Crippen LogP) is 1.79. The fourth-order valence-corrected chi connectivity index (χ4v) is 1.22. The van der Waals surface area contributed by atoms with E-state index in [4.69, 9.17) is 0 Å². The molecule has 0 saturated heterocycles. The van der Waals surface area contributed by atoms with E-state index in [2.05, 4.69) is 4.74 Å². The van der Waals surface area contributed by atoms with E-state index in [-0.39, 0.29) is 5.56 Å². The van der Waals surface area contributed by atoms with E-state index < -0.39 is 18.6 Å². The van der Waals surface area contributed by atoms with Gasteiger partial charge in [-0.1, -0.05) is 30.3 Å². The van der Waals surface area contributed by atoms with Gasteiger partial charge in [0.25, 0.3) is 6.43 Å². The summed E-state index contributed by atoms with van der Waals surface area (Å²) < 4.78 is 29.8. The Labute approximate surface area is 81.1 Å². The van der Waals surface area contributed by atoms with Crippen LogP contribution >= 0.6 is 0 Å². The van der Waals surface area contributed by atoms with Gasteiger partial charge in [0.15, 0.2) is 5.60 Å². The SMILES string of the molecule is COCC(O)(c1ccccc1)C(F)F. The molecule has 4 heteroatoms. The molecule has 0 fully saturated rings. The molecule has 2 nitrogen and oxygen atoms in total. The number of ether oxygens (including phenoxy) is 1. The van der Waals surface area contributed by atoms with Gasteiger partial charge in [-0.3, -0.25) is 0 Å². The van der Waals surface area contributed by atoms with E-state index in [1.165, 1.54) is 19.2 Å². The lowest BCUT2D eigenvalue weighted by Gasteiger charge is -2.26. The normalized spacial score (nSPS) is 15.5. The lowest BCUT2D eigenvalue weighted by molar-refractivity contribution is -0.136. The van der Waals surface area contributed by atoms with Crippen molar-refractivity contribution in [2.75, 3.05) is 13.7 Å². The fraction of sp³-hybridized carbons (Fsp3) is 0.400. The van der Waals surface area contributed by atoms with Gasteiger partial charge in [0.2, 0.25) is 0 Å². The van der Waals surface area contributed by atoms with Gasteiger partial charge in [-0.05, 0) is 5.56 Å². The van der Waals surface area contributed by atoms with Gasteiger partial charge in [0.1, 0.15) is 0 Å². The van der Waals surface area contributed by atoms with Crippen molar-refractivity contribution in [1.29, 1.82) is 0 Å². The molecule has 1 aromatic rings. The van der Waals surface area contributed by atoms with Gasteiger partial charge < -0.3 is 9.84 Å². The molecule has 0 radical (unpaired) electrons. The molecular weight excluding hydrogens is 190 g/mol. The minimum absolute atomic E-state index is 0.164. The van der Waals surface area contributed by atoms with Crippen LogP contribution in [-0.4, -0.2) is 25.2 Å². The zero-order valence-electron chi connectivity index (χ0n) is 7.78. The molecule has 0 aliphatic rings. The standard InChI is InChI=1S/C10H12F2O2/c1-14-7-10(13,9(11)12)8-5-3-2-4-6-8/h2-6,9,13H,7H2,1H3. The lowest BCUT2D eigenvalue weighted by atomic mass is 9.95. The Morgan fingerprint density at radius 1 is 1.36 bits per heavy atom. The highest BCUT2D eigenvalue weighted by Crippen LogP contribution is 2.28. The minimum Gasteiger partial charge on any atom is -0.381 e. The first-order valence-electron chi connectivity index (χ1n) is 4.16. The molecule has 1 N–H and O–H groups in total. The first-order chi connectivity index (χ1) is 6.61. The van der Waals surface area contributed by atoms with Crippen LogP contribution in [0.15, 0.2) is 30.3 Å². The molecule has 78 valence electrons. The molecule has 1 rings (SSSR count). The Hall–Kier alpha value is -1.00. The van der Waals surface area contributed by atoms with E-state index in [9.17, 15) is 13.9 Å². The maximum Gasteiger partial charge on any atom is 0.273 e. The Bertz CT molecular complexity index is 277. The zero-order chi connectivity index (χ0) is 10.6. The van der Waals surface area contributed by atoms with Crippen LogP contribution in [0.2, 0.25) is 0 Å². The average molecular weight is 202 g/mol. The van der Waals surface area contributed by atoms with Crippen LogP contribution in [0.25, 0.3) is 0 Å². The van der Waals surface area contributed by atoms with Crippen molar-refractivity contribution in [3.8, 4) is 0 Å². The summed E-state index contributed by atoms with van der Waals surface area (Å²) in [7, 11) is 1.27. The molecule has 0 spiro atoms. The third kappa shape index (κ3) is 2.08. The highest BCUT2D eigenvalue weighted by Gasteiger charge is 2.39. The van der Waals surface area contributed by atoms with Crippen LogP contribution < -0.4 is 0 Å². The molecular formula is C10H12F2O2. The number of hydrogen-bond donors (Lipinski definition) is 1. The Balaban J connectivity index is 2.99. The summed E-state index contributed by atoms with van der Waals surface area (Å²) >= 11 is 0. The van der Waals surface area contributed by atoms with Crippen LogP contribution in [0.3, 0.4) is 0 Å². The molecule has 1 unspecified atom stereocenters. The number of hydrogen-bond acceptors (Lipinski definition) is 2. The number of methoxy groups -OCH3 is 1. The van der Waals surface area contributed by atoms with Crippen LogP contribution in [0, 0.1) is 0 Å². The second kappa shape index (κ2) is 4.48. The molecule has 0 aliphatic heterocycles. The van der Waals surface area contributed by atoms with E-state index >= 15 is 0 Å². The maximum absolute atomic E-state index is 12.6. The molecule has 0 aliphatic carbocycles. The number of benzene rings is 1. The van der Waals surface area contributed by atoms with Crippen molar-refractivity contribution in [2.45, 2.75) is 12.0 Å². The minimum atomic E-state index is -2.87. The zero-order valence-corrected chi connectivity index (χ0v) is 7.78. The first-order valence-corrected chi connectivity index (χ1v) is 4.16. The summed E-state index contributed by atoms with van der Waals surface area (Å²) in [5, 5.41) is 9.68. The third-order valence-electron chi connectivity index (χ3n) is 2.00. The summed E-state index contributed by atoms with van der Waals surface area (Å²) in [6.45, 7) is -0.422. The van der Waals surface area contributed by atoms with Crippen LogP contribution in [0.5, 0.6) is 0 Å². The van der Waals surface area contributed by atoms with E-state index in [0.717, 1.165) is 0 Å². The first kappa shape index (κ1) is 11.1. The monoisotopic (exact) mass is 202 g/mol. The molecule has 0 heterocycles. The Kier molecular flexibility index (Phi) is 3.55. The summed E-state index contributed by atoms with van der Waals surface area (Å²) in [6.07, 6.45) is -2.87. The van der Waals surface area contributed by atoms with Crippen molar-refractivity contribution in [3.05, 3.63) is 35.9 Å². The third-order valence-corrected chi connectivity index (χ3v) is 2.00. The number of aliphatic hydroxyl groups is 1. The number of alkyl halides is 2. The molecule has 0 saturated carbocycles. The summed E-state index contributed by atoms with van der Waals surface area (Å²) in [4.78, 5) is 0. The Morgan fingerprint density at radius 2 is 1.93 bits per heavy atom. The van der Waals surface area contributed by atoms with E-state index in [0.29, 0.717) is 0 Å². The molecule has 1 atom stereocenters. The van der Waals surface area contributed by atoms with Crippen LogP contribution in [0.4, 0.5) is 8.78 Å². The average Bonchev–Trinajstić information content (AvgIpc) is 2.19. The van der Waals surface area contributed by atoms with E-state index in [1.807, 2.05) is 0 Å². The van der Waals surface area contributed by atoms with Gasteiger partial charge >= 0.3 is 0 Å². The van der Waals surface area contributed by atoms with Gasteiger partial charge in [0.05, 0.1) is 6.61 Å². The number of rotatable bonds is 4. The van der Waals surface area contributed by atoms with Crippen molar-refractivity contribution in [2.24, 2.45) is 0 Å². The molecule has 0 bridgehead atoms. The van der Waals surface area contributed by atoms with E-state index in [1.54, 1.807) is 18.2 Å². The highest BCUT2D eigenvalue weighted by atomic mass is 19.3. The van der Waals surface area contributed by atoms with Crippen molar-refractivity contribution in [1.82, 2.24) is 0 Å². The van der Waals surface area contributed by atoms with Crippen molar-refractivity contribution in [3.63, 3.8) is 0 Å². The molecule has 0 aromatic heterocycles.